The summed E-state index contributed by atoms with van der Waals surface area (Å²) in [6, 6.07) is 9.15. The molecule has 3 rings (SSSR count). The maximum atomic E-state index is 12.4. The highest BCUT2D eigenvalue weighted by atomic mass is 16.2. The number of aryl methyl sites for hydroxylation is 2. The number of nitrogens with zero attached hydrogens (tertiary/aromatic N) is 4. The molecule has 3 aromatic rings. The number of amides is 1. The predicted molar refractivity (Wildman–Crippen MR) is 95.4 cm³/mol. The molecule has 0 aliphatic rings. The van der Waals surface area contributed by atoms with E-state index in [9.17, 15) is 9.59 Å². The van der Waals surface area contributed by atoms with Crippen molar-refractivity contribution in [3.05, 3.63) is 58.5 Å². The van der Waals surface area contributed by atoms with Gasteiger partial charge in [-0.05, 0) is 39.0 Å². The largest absolute Gasteiger partial charge is 0.353 e. The van der Waals surface area contributed by atoms with Crippen molar-refractivity contribution in [1.82, 2.24) is 24.4 Å². The molecule has 130 valence electrons. The summed E-state index contributed by atoms with van der Waals surface area (Å²) in [5, 5.41) is 2.88. The lowest BCUT2D eigenvalue weighted by atomic mass is 10.2. The second-order valence-electron chi connectivity index (χ2n) is 6.08. The van der Waals surface area contributed by atoms with Gasteiger partial charge >= 0.3 is 5.69 Å². The van der Waals surface area contributed by atoms with E-state index in [4.69, 9.17) is 0 Å². The van der Waals surface area contributed by atoms with Crippen LogP contribution in [-0.4, -0.2) is 31.6 Å². The number of imidazole rings is 1. The SMILES string of the molecule is Cc1cc(C)n(CCNC(=O)[C@@H](C)n2cnc3ccccc32)c(=O)n1. The Balaban J connectivity index is 1.66. The predicted octanol–water partition coefficient (Wildman–Crippen LogP) is 1.59. The standard InChI is InChI=1S/C18H21N5O2/c1-12-10-13(2)22(18(25)21-12)9-8-19-17(24)14(3)23-11-20-15-6-4-5-7-16(15)23/h4-7,10-11,14H,8-9H2,1-3H3,(H,19,24)/t14-/m1/s1. The molecular formula is C18H21N5O2. The van der Waals surface area contributed by atoms with Gasteiger partial charge in [0.05, 0.1) is 17.4 Å². The lowest BCUT2D eigenvalue weighted by Gasteiger charge is -2.15. The van der Waals surface area contributed by atoms with Crippen molar-refractivity contribution in [2.24, 2.45) is 0 Å². The minimum absolute atomic E-state index is 0.117. The van der Waals surface area contributed by atoms with Crippen LogP contribution in [0.4, 0.5) is 0 Å². The average molecular weight is 339 g/mol. The zero-order valence-electron chi connectivity index (χ0n) is 14.6. The maximum absolute atomic E-state index is 12.4. The van der Waals surface area contributed by atoms with Gasteiger partial charge in [-0.1, -0.05) is 12.1 Å². The van der Waals surface area contributed by atoms with Crippen LogP contribution < -0.4 is 11.0 Å². The zero-order valence-corrected chi connectivity index (χ0v) is 14.6. The molecule has 0 aliphatic heterocycles. The summed E-state index contributed by atoms with van der Waals surface area (Å²) in [4.78, 5) is 32.6. The first-order valence-electron chi connectivity index (χ1n) is 8.21. The van der Waals surface area contributed by atoms with Gasteiger partial charge in [0, 0.05) is 24.5 Å². The van der Waals surface area contributed by atoms with Crippen LogP contribution in [0, 0.1) is 13.8 Å². The highest BCUT2D eigenvalue weighted by molar-refractivity contribution is 5.83. The maximum Gasteiger partial charge on any atom is 0.348 e. The van der Waals surface area contributed by atoms with Crippen LogP contribution in [-0.2, 0) is 11.3 Å². The molecule has 7 heteroatoms. The summed E-state index contributed by atoms with van der Waals surface area (Å²) < 4.78 is 3.40. The molecule has 0 bridgehead atoms. The first-order chi connectivity index (χ1) is 12.0. The Morgan fingerprint density at radius 2 is 2.04 bits per heavy atom. The van der Waals surface area contributed by atoms with Crippen LogP contribution >= 0.6 is 0 Å². The van der Waals surface area contributed by atoms with Crippen molar-refractivity contribution in [3.8, 4) is 0 Å². The minimum atomic E-state index is -0.388. The molecule has 0 spiro atoms. The number of carbonyl (C=O) groups excluding carboxylic acids is 1. The van der Waals surface area contributed by atoms with Gasteiger partial charge in [0.15, 0.2) is 0 Å². The number of benzene rings is 1. The van der Waals surface area contributed by atoms with Crippen LogP contribution in [0.25, 0.3) is 11.0 Å². The van der Waals surface area contributed by atoms with Crippen molar-refractivity contribution in [1.29, 1.82) is 0 Å². The molecule has 0 fully saturated rings. The number of fused-ring (bicyclic) bond motifs is 1. The first kappa shape index (κ1) is 16.9. The molecule has 0 unspecified atom stereocenters. The molecule has 0 aliphatic carbocycles. The normalized spacial score (nSPS) is 12.3. The quantitative estimate of drug-likeness (QED) is 0.765. The summed E-state index contributed by atoms with van der Waals surface area (Å²) in [5.74, 6) is -0.117. The molecule has 1 atom stereocenters. The Labute approximate surface area is 145 Å². The molecule has 0 saturated carbocycles. The summed E-state index contributed by atoms with van der Waals surface area (Å²) in [5.41, 5.74) is 3.01. The minimum Gasteiger partial charge on any atom is -0.353 e. The van der Waals surface area contributed by atoms with E-state index in [1.165, 1.54) is 0 Å². The summed E-state index contributed by atoms with van der Waals surface area (Å²) in [6.45, 7) is 6.23. The van der Waals surface area contributed by atoms with E-state index in [1.54, 1.807) is 17.8 Å². The van der Waals surface area contributed by atoms with Gasteiger partial charge in [0.25, 0.3) is 0 Å². The number of rotatable bonds is 5. The number of para-hydroxylation sites is 2. The van der Waals surface area contributed by atoms with E-state index < -0.39 is 0 Å². The molecule has 2 heterocycles. The lowest BCUT2D eigenvalue weighted by Crippen LogP contribution is -2.36. The molecular weight excluding hydrogens is 318 g/mol. The molecule has 1 aromatic carbocycles. The third kappa shape index (κ3) is 3.45. The third-order valence-corrected chi connectivity index (χ3v) is 4.26. The van der Waals surface area contributed by atoms with Gasteiger partial charge < -0.3 is 9.88 Å². The number of aromatic nitrogens is 4. The Hall–Kier alpha value is -2.96. The van der Waals surface area contributed by atoms with Crippen molar-refractivity contribution in [3.63, 3.8) is 0 Å². The van der Waals surface area contributed by atoms with E-state index >= 15 is 0 Å². The fourth-order valence-corrected chi connectivity index (χ4v) is 2.90. The average Bonchev–Trinajstić information content (AvgIpc) is 3.00. The monoisotopic (exact) mass is 339 g/mol. The van der Waals surface area contributed by atoms with Gasteiger partial charge in [0.2, 0.25) is 5.91 Å². The summed E-state index contributed by atoms with van der Waals surface area (Å²) in [7, 11) is 0. The molecule has 1 N–H and O–H groups in total. The molecule has 0 radical (unpaired) electrons. The third-order valence-electron chi connectivity index (χ3n) is 4.26. The fraction of sp³-hybridized carbons (Fsp3) is 0.333. The topological polar surface area (TPSA) is 81.8 Å². The Morgan fingerprint density at radius 3 is 2.80 bits per heavy atom. The van der Waals surface area contributed by atoms with E-state index in [1.807, 2.05) is 48.7 Å². The van der Waals surface area contributed by atoms with Crippen LogP contribution in [0.3, 0.4) is 0 Å². The van der Waals surface area contributed by atoms with Crippen molar-refractivity contribution in [2.75, 3.05) is 6.54 Å². The van der Waals surface area contributed by atoms with Gasteiger partial charge in [-0.25, -0.2) is 9.78 Å². The zero-order chi connectivity index (χ0) is 18.0. The van der Waals surface area contributed by atoms with Crippen molar-refractivity contribution < 1.29 is 4.79 Å². The van der Waals surface area contributed by atoms with Crippen molar-refractivity contribution in [2.45, 2.75) is 33.4 Å². The van der Waals surface area contributed by atoms with E-state index in [2.05, 4.69) is 15.3 Å². The molecule has 25 heavy (non-hydrogen) atoms. The van der Waals surface area contributed by atoms with Gasteiger partial charge in [0.1, 0.15) is 6.04 Å². The number of hydrogen-bond donors (Lipinski definition) is 1. The van der Waals surface area contributed by atoms with Crippen molar-refractivity contribution >= 4 is 16.9 Å². The Morgan fingerprint density at radius 1 is 1.28 bits per heavy atom. The van der Waals surface area contributed by atoms with E-state index in [-0.39, 0.29) is 17.6 Å². The number of hydrogen-bond acceptors (Lipinski definition) is 4. The fourth-order valence-electron chi connectivity index (χ4n) is 2.90. The van der Waals surface area contributed by atoms with Crippen LogP contribution in [0.15, 0.2) is 41.5 Å². The smallest absolute Gasteiger partial charge is 0.348 e. The van der Waals surface area contributed by atoms with Gasteiger partial charge in [-0.15, -0.1) is 0 Å². The number of nitrogens with one attached hydrogen (secondary N) is 1. The highest BCUT2D eigenvalue weighted by Crippen LogP contribution is 2.17. The molecule has 2 aromatic heterocycles. The lowest BCUT2D eigenvalue weighted by molar-refractivity contribution is -0.123. The molecule has 0 saturated heterocycles. The Bertz CT molecular complexity index is 973. The van der Waals surface area contributed by atoms with Crippen LogP contribution in [0.2, 0.25) is 0 Å². The summed E-state index contributed by atoms with van der Waals surface area (Å²) in [6.07, 6.45) is 1.67. The molecule has 1 amide bonds. The van der Waals surface area contributed by atoms with Gasteiger partial charge in [-0.2, -0.15) is 4.98 Å². The summed E-state index contributed by atoms with van der Waals surface area (Å²) >= 11 is 0. The first-order valence-corrected chi connectivity index (χ1v) is 8.21. The second kappa shape index (κ2) is 6.88. The van der Waals surface area contributed by atoms with Crippen LogP contribution in [0.1, 0.15) is 24.4 Å². The van der Waals surface area contributed by atoms with Gasteiger partial charge in [-0.3, -0.25) is 9.36 Å². The second-order valence-corrected chi connectivity index (χ2v) is 6.08. The van der Waals surface area contributed by atoms with E-state index in [0.717, 1.165) is 16.7 Å². The van der Waals surface area contributed by atoms with E-state index in [0.29, 0.717) is 18.8 Å². The Kier molecular flexibility index (Phi) is 4.65. The molecule has 7 nitrogen and oxygen atoms in total. The number of carbonyl (C=O) groups is 1. The van der Waals surface area contributed by atoms with Crippen LogP contribution in [0.5, 0.6) is 0 Å². The highest BCUT2D eigenvalue weighted by Gasteiger charge is 2.16.